The number of hydrogen-bond acceptors (Lipinski definition) is 1. The van der Waals surface area contributed by atoms with Crippen molar-refractivity contribution in [3.8, 4) is 0 Å². The zero-order valence-corrected chi connectivity index (χ0v) is 6.43. The Morgan fingerprint density at radius 1 is 1.40 bits per heavy atom. The normalized spacial score (nSPS) is 14.1. The van der Waals surface area contributed by atoms with E-state index in [1.807, 2.05) is 0 Å². The van der Waals surface area contributed by atoms with Crippen LogP contribution in [-0.4, -0.2) is 12.7 Å². The van der Waals surface area contributed by atoms with Gasteiger partial charge in [0.25, 0.3) is 0 Å². The van der Waals surface area contributed by atoms with Crippen molar-refractivity contribution in [3.05, 3.63) is 0 Å². The lowest BCUT2D eigenvalue weighted by Crippen LogP contribution is -2.19. The van der Waals surface area contributed by atoms with Gasteiger partial charge in [-0.25, -0.2) is 0 Å². The lowest BCUT2D eigenvalue weighted by atomic mass is 10.1. The van der Waals surface area contributed by atoms with Crippen molar-refractivity contribution in [1.82, 2.24) is 0 Å². The predicted octanol–water partition coefficient (Wildman–Crippen LogP) is 1.96. The highest BCUT2D eigenvalue weighted by Crippen LogP contribution is 2.23. The second-order valence-corrected chi connectivity index (χ2v) is 2.16. The van der Waals surface area contributed by atoms with Gasteiger partial charge in [0, 0.05) is 6.42 Å². The van der Waals surface area contributed by atoms with E-state index in [0.717, 1.165) is 0 Å². The van der Waals surface area contributed by atoms with Crippen LogP contribution in [0.15, 0.2) is 0 Å². The third-order valence-electron chi connectivity index (χ3n) is 0.982. The molecule has 0 rings (SSSR count). The van der Waals surface area contributed by atoms with Crippen LogP contribution in [0.2, 0.25) is 0 Å². The molecule has 0 aliphatic carbocycles. The number of nitrogens with two attached hydrogens (primary N) is 1. The van der Waals surface area contributed by atoms with Gasteiger partial charge in [-0.05, 0) is 12.5 Å². The number of rotatable bonds is 2. The van der Waals surface area contributed by atoms with Gasteiger partial charge in [-0.1, -0.05) is 6.92 Å². The van der Waals surface area contributed by atoms with Gasteiger partial charge in [-0.3, -0.25) is 0 Å². The van der Waals surface area contributed by atoms with Crippen molar-refractivity contribution in [3.63, 3.8) is 0 Å². The SMILES string of the molecule is C[C@H](CN)CC(F)(F)F.Cl. The van der Waals surface area contributed by atoms with Crippen molar-refractivity contribution in [2.24, 2.45) is 11.7 Å². The molecule has 0 bridgehead atoms. The van der Waals surface area contributed by atoms with Crippen LogP contribution >= 0.6 is 12.4 Å². The molecular formula is C5H11ClF3N. The van der Waals surface area contributed by atoms with E-state index < -0.39 is 18.5 Å². The Hall–Kier alpha value is 0.0400. The highest BCUT2D eigenvalue weighted by molar-refractivity contribution is 5.85. The Balaban J connectivity index is 0. The molecule has 5 heteroatoms. The van der Waals surface area contributed by atoms with Crippen LogP contribution < -0.4 is 5.73 Å². The van der Waals surface area contributed by atoms with Crippen molar-refractivity contribution in [1.29, 1.82) is 0 Å². The van der Waals surface area contributed by atoms with E-state index in [4.69, 9.17) is 5.73 Å². The molecule has 0 spiro atoms. The van der Waals surface area contributed by atoms with Crippen LogP contribution in [0.1, 0.15) is 13.3 Å². The van der Waals surface area contributed by atoms with Crippen molar-refractivity contribution < 1.29 is 13.2 Å². The Labute approximate surface area is 64.2 Å². The highest BCUT2D eigenvalue weighted by Gasteiger charge is 2.28. The van der Waals surface area contributed by atoms with Gasteiger partial charge in [0.05, 0.1) is 0 Å². The van der Waals surface area contributed by atoms with Crippen molar-refractivity contribution >= 4 is 12.4 Å². The summed E-state index contributed by atoms with van der Waals surface area (Å²) in [5.74, 6) is -0.454. The Kier molecular flexibility index (Phi) is 6.09. The first kappa shape index (κ1) is 12.7. The van der Waals surface area contributed by atoms with E-state index in [-0.39, 0.29) is 19.0 Å². The smallest absolute Gasteiger partial charge is 0.330 e. The Bertz CT molecular complexity index is 83.5. The summed E-state index contributed by atoms with van der Waals surface area (Å²) in [5, 5.41) is 0. The summed E-state index contributed by atoms with van der Waals surface area (Å²) in [6, 6.07) is 0. The number of halogens is 4. The average Bonchev–Trinajstić information content (AvgIpc) is 1.62. The maximum atomic E-state index is 11.4. The minimum Gasteiger partial charge on any atom is -0.330 e. The molecule has 0 radical (unpaired) electrons. The average molecular weight is 178 g/mol. The third-order valence-corrected chi connectivity index (χ3v) is 0.982. The molecule has 0 heterocycles. The van der Waals surface area contributed by atoms with Crippen LogP contribution in [0.3, 0.4) is 0 Å². The molecule has 0 amide bonds. The molecule has 0 aromatic rings. The molecule has 0 aliphatic heterocycles. The molecule has 0 unspecified atom stereocenters. The lowest BCUT2D eigenvalue weighted by Gasteiger charge is -2.10. The van der Waals surface area contributed by atoms with E-state index in [0.29, 0.717) is 0 Å². The fourth-order valence-corrected chi connectivity index (χ4v) is 0.478. The highest BCUT2D eigenvalue weighted by atomic mass is 35.5. The summed E-state index contributed by atoms with van der Waals surface area (Å²) in [4.78, 5) is 0. The quantitative estimate of drug-likeness (QED) is 0.686. The van der Waals surface area contributed by atoms with E-state index >= 15 is 0 Å². The largest absolute Gasteiger partial charge is 0.389 e. The minimum atomic E-state index is -4.06. The maximum Gasteiger partial charge on any atom is 0.389 e. The van der Waals surface area contributed by atoms with Crippen LogP contribution in [0, 0.1) is 5.92 Å². The second kappa shape index (κ2) is 4.79. The van der Waals surface area contributed by atoms with Crippen LogP contribution in [0.5, 0.6) is 0 Å². The summed E-state index contributed by atoms with van der Waals surface area (Å²) >= 11 is 0. The third kappa shape index (κ3) is 8.04. The lowest BCUT2D eigenvalue weighted by molar-refractivity contribution is -0.142. The molecule has 64 valence electrons. The standard InChI is InChI=1S/C5H10F3N.ClH/c1-4(3-9)2-5(6,7)8;/h4H,2-3,9H2,1H3;1H/t4-;/m0./s1. The van der Waals surface area contributed by atoms with Crippen LogP contribution in [-0.2, 0) is 0 Å². The van der Waals surface area contributed by atoms with Crippen molar-refractivity contribution in [2.45, 2.75) is 19.5 Å². The molecule has 1 nitrogen and oxygen atoms in total. The van der Waals surface area contributed by atoms with Gasteiger partial charge < -0.3 is 5.73 Å². The van der Waals surface area contributed by atoms with E-state index in [1.54, 1.807) is 0 Å². The number of alkyl halides is 3. The van der Waals surface area contributed by atoms with Crippen LogP contribution in [0.25, 0.3) is 0 Å². The first-order valence-corrected chi connectivity index (χ1v) is 2.72. The molecule has 0 aliphatic rings. The maximum absolute atomic E-state index is 11.4. The molecule has 10 heavy (non-hydrogen) atoms. The van der Waals surface area contributed by atoms with E-state index in [1.165, 1.54) is 6.92 Å². The molecule has 0 saturated carbocycles. The molecule has 0 fully saturated rings. The van der Waals surface area contributed by atoms with Crippen LogP contribution in [0.4, 0.5) is 13.2 Å². The fourth-order valence-electron chi connectivity index (χ4n) is 0.478. The summed E-state index contributed by atoms with van der Waals surface area (Å²) in [6.45, 7) is 1.58. The Morgan fingerprint density at radius 3 is 1.90 bits per heavy atom. The molecule has 0 saturated heterocycles. The summed E-state index contributed by atoms with van der Waals surface area (Å²) in [6.07, 6.45) is -4.83. The zero-order valence-electron chi connectivity index (χ0n) is 5.61. The predicted molar refractivity (Wildman–Crippen MR) is 36.1 cm³/mol. The first-order chi connectivity index (χ1) is 3.95. The fraction of sp³-hybridized carbons (Fsp3) is 1.00. The van der Waals surface area contributed by atoms with Gasteiger partial charge in [0.15, 0.2) is 0 Å². The van der Waals surface area contributed by atoms with Crippen molar-refractivity contribution in [2.75, 3.05) is 6.54 Å². The molecule has 1 atom stereocenters. The first-order valence-electron chi connectivity index (χ1n) is 2.72. The second-order valence-electron chi connectivity index (χ2n) is 2.16. The summed E-state index contributed by atoms with van der Waals surface area (Å²) in [5.41, 5.74) is 4.98. The summed E-state index contributed by atoms with van der Waals surface area (Å²) in [7, 11) is 0. The van der Waals surface area contributed by atoms with Gasteiger partial charge in [-0.2, -0.15) is 13.2 Å². The zero-order chi connectivity index (χ0) is 7.49. The topological polar surface area (TPSA) is 26.0 Å². The Morgan fingerprint density at radius 2 is 1.80 bits per heavy atom. The molecular weight excluding hydrogens is 167 g/mol. The molecule has 0 aromatic carbocycles. The van der Waals surface area contributed by atoms with Gasteiger partial charge in [-0.15, -0.1) is 12.4 Å². The number of hydrogen-bond donors (Lipinski definition) is 1. The molecule has 2 N–H and O–H groups in total. The summed E-state index contributed by atoms with van der Waals surface area (Å²) < 4.78 is 34.3. The molecule has 0 aromatic heterocycles. The van der Waals surface area contributed by atoms with Gasteiger partial charge in [0.2, 0.25) is 0 Å². The van der Waals surface area contributed by atoms with Gasteiger partial charge in [0.1, 0.15) is 0 Å². The van der Waals surface area contributed by atoms with E-state index in [9.17, 15) is 13.2 Å². The van der Waals surface area contributed by atoms with E-state index in [2.05, 4.69) is 0 Å². The monoisotopic (exact) mass is 177 g/mol. The van der Waals surface area contributed by atoms with Gasteiger partial charge >= 0.3 is 6.18 Å². The minimum absolute atomic E-state index is 0.